The third-order valence-corrected chi connectivity index (χ3v) is 6.94. The zero-order valence-corrected chi connectivity index (χ0v) is 20.6. The molecular formula is C27H32FN7O. The molecule has 188 valence electrons. The minimum Gasteiger partial charge on any atom is -0.368 e. The number of amides is 1. The fourth-order valence-corrected chi connectivity index (χ4v) is 4.81. The van der Waals surface area contributed by atoms with Crippen molar-refractivity contribution in [2.75, 3.05) is 61.8 Å². The van der Waals surface area contributed by atoms with Crippen LogP contribution in [0.4, 0.5) is 22.0 Å². The van der Waals surface area contributed by atoms with Crippen molar-refractivity contribution in [2.24, 2.45) is 0 Å². The maximum absolute atomic E-state index is 13.4. The van der Waals surface area contributed by atoms with Gasteiger partial charge in [0.1, 0.15) is 17.5 Å². The van der Waals surface area contributed by atoms with Crippen molar-refractivity contribution in [3.8, 4) is 0 Å². The number of nitrogen functional groups attached to an aromatic ring is 1. The van der Waals surface area contributed by atoms with Crippen LogP contribution in [0.15, 0.2) is 48.5 Å². The van der Waals surface area contributed by atoms with E-state index in [4.69, 9.17) is 5.73 Å². The number of rotatable bonds is 6. The highest BCUT2D eigenvalue weighted by Gasteiger charge is 2.22. The van der Waals surface area contributed by atoms with Gasteiger partial charge in [0.05, 0.1) is 0 Å². The molecule has 2 aromatic carbocycles. The molecule has 0 bridgehead atoms. The summed E-state index contributed by atoms with van der Waals surface area (Å²) < 4.78 is 13.4. The predicted octanol–water partition coefficient (Wildman–Crippen LogP) is 2.48. The summed E-state index contributed by atoms with van der Waals surface area (Å²) in [6.45, 7) is 5.72. The standard InChI is InChI=1S/C27H32FN7O/c1-33-11-13-34(14-12-33)24-17-25(32-27(29)31-24)35-10-8-20-5-6-21(16-22(20)18-35)26(36)30-9-7-19-3-2-4-23(28)15-19/h2-6,15-17H,7-14,18H2,1H3,(H,30,36)(H2,29,31,32). The smallest absolute Gasteiger partial charge is 0.251 e. The maximum atomic E-state index is 13.4. The summed E-state index contributed by atoms with van der Waals surface area (Å²) in [5, 5.41) is 2.95. The fraction of sp³-hybridized carbons (Fsp3) is 0.370. The normalized spacial score (nSPS) is 16.1. The highest BCUT2D eigenvalue weighted by molar-refractivity contribution is 5.94. The van der Waals surface area contributed by atoms with Gasteiger partial charge in [-0.2, -0.15) is 9.97 Å². The Morgan fingerprint density at radius 3 is 2.53 bits per heavy atom. The highest BCUT2D eigenvalue weighted by Crippen LogP contribution is 2.27. The van der Waals surface area contributed by atoms with Gasteiger partial charge in [0.15, 0.2) is 0 Å². The van der Waals surface area contributed by atoms with Crippen LogP contribution in [0, 0.1) is 5.82 Å². The first-order chi connectivity index (χ1) is 17.4. The number of hydrogen-bond donors (Lipinski definition) is 2. The average Bonchev–Trinajstić information content (AvgIpc) is 2.88. The second-order valence-electron chi connectivity index (χ2n) is 9.52. The van der Waals surface area contributed by atoms with E-state index >= 15 is 0 Å². The van der Waals surface area contributed by atoms with Crippen molar-refractivity contribution < 1.29 is 9.18 Å². The number of fused-ring (bicyclic) bond motifs is 1. The van der Waals surface area contributed by atoms with Crippen LogP contribution >= 0.6 is 0 Å². The van der Waals surface area contributed by atoms with E-state index in [1.807, 2.05) is 30.3 Å². The highest BCUT2D eigenvalue weighted by atomic mass is 19.1. The lowest BCUT2D eigenvalue weighted by atomic mass is 9.97. The maximum Gasteiger partial charge on any atom is 0.251 e. The summed E-state index contributed by atoms with van der Waals surface area (Å²) in [5.74, 6) is 1.56. The zero-order valence-electron chi connectivity index (χ0n) is 20.6. The van der Waals surface area contributed by atoms with E-state index in [1.165, 1.54) is 17.7 Å². The number of nitrogens with two attached hydrogens (primary N) is 1. The lowest BCUT2D eigenvalue weighted by molar-refractivity contribution is 0.0954. The molecule has 0 spiro atoms. The Hall–Kier alpha value is -3.72. The minimum absolute atomic E-state index is 0.130. The van der Waals surface area contributed by atoms with Gasteiger partial charge in [-0.1, -0.05) is 18.2 Å². The first-order valence-electron chi connectivity index (χ1n) is 12.4. The number of nitrogens with zero attached hydrogens (tertiary/aromatic N) is 5. The van der Waals surface area contributed by atoms with Crippen LogP contribution in [-0.4, -0.2) is 67.1 Å². The Balaban J connectivity index is 1.25. The SMILES string of the molecule is CN1CCN(c2cc(N3CCc4ccc(C(=O)NCCc5cccc(F)c5)cc4C3)nc(N)n2)CC1. The lowest BCUT2D eigenvalue weighted by Gasteiger charge is -2.34. The molecule has 9 heteroatoms. The van der Waals surface area contributed by atoms with Crippen molar-refractivity contribution in [2.45, 2.75) is 19.4 Å². The van der Waals surface area contributed by atoms with Crippen LogP contribution < -0.4 is 20.9 Å². The van der Waals surface area contributed by atoms with Gasteiger partial charge in [0.2, 0.25) is 5.95 Å². The Morgan fingerprint density at radius 1 is 0.972 bits per heavy atom. The first-order valence-corrected chi connectivity index (χ1v) is 12.4. The third kappa shape index (κ3) is 5.57. The van der Waals surface area contributed by atoms with Crippen molar-refractivity contribution in [3.05, 3.63) is 76.6 Å². The number of carbonyl (C=O) groups is 1. The molecule has 2 aliphatic rings. The molecular weight excluding hydrogens is 457 g/mol. The minimum atomic E-state index is -0.265. The quantitative estimate of drug-likeness (QED) is 0.550. The molecule has 0 saturated carbocycles. The van der Waals surface area contributed by atoms with E-state index in [-0.39, 0.29) is 17.7 Å². The van der Waals surface area contributed by atoms with Crippen LogP contribution in [0.25, 0.3) is 0 Å². The Labute approximate surface area is 210 Å². The number of halogens is 1. The molecule has 36 heavy (non-hydrogen) atoms. The second-order valence-corrected chi connectivity index (χ2v) is 9.52. The molecule has 3 aromatic rings. The summed E-state index contributed by atoms with van der Waals surface area (Å²) in [5.41, 5.74) is 9.92. The van der Waals surface area contributed by atoms with Crippen LogP contribution in [-0.2, 0) is 19.4 Å². The largest absolute Gasteiger partial charge is 0.368 e. The van der Waals surface area contributed by atoms with Crippen LogP contribution in [0.2, 0.25) is 0 Å². The number of aromatic nitrogens is 2. The van der Waals surface area contributed by atoms with Gasteiger partial charge in [-0.15, -0.1) is 0 Å². The first kappa shape index (κ1) is 24.0. The predicted molar refractivity (Wildman–Crippen MR) is 140 cm³/mol. The lowest BCUT2D eigenvalue weighted by Crippen LogP contribution is -2.45. The van der Waals surface area contributed by atoms with E-state index in [2.05, 4.69) is 37.0 Å². The number of nitrogens with one attached hydrogen (secondary N) is 1. The van der Waals surface area contributed by atoms with Gasteiger partial charge in [-0.3, -0.25) is 4.79 Å². The number of hydrogen-bond acceptors (Lipinski definition) is 7. The van der Waals surface area contributed by atoms with Crippen molar-refractivity contribution >= 4 is 23.5 Å². The monoisotopic (exact) mass is 489 g/mol. The summed E-state index contributed by atoms with van der Waals surface area (Å²) in [6, 6.07) is 14.4. The molecule has 5 rings (SSSR count). The molecule has 1 amide bonds. The van der Waals surface area contributed by atoms with E-state index in [0.29, 0.717) is 25.1 Å². The Morgan fingerprint density at radius 2 is 1.75 bits per heavy atom. The summed E-state index contributed by atoms with van der Waals surface area (Å²) in [7, 11) is 2.13. The number of likely N-dealkylation sites (N-methyl/N-ethyl adjacent to an activating group) is 1. The Kier molecular flexibility index (Phi) is 6.99. The van der Waals surface area contributed by atoms with Gasteiger partial charge < -0.3 is 25.8 Å². The Bertz CT molecular complexity index is 1240. The van der Waals surface area contributed by atoms with Crippen molar-refractivity contribution in [3.63, 3.8) is 0 Å². The van der Waals surface area contributed by atoms with E-state index in [0.717, 1.165) is 61.9 Å². The molecule has 8 nitrogen and oxygen atoms in total. The molecule has 3 N–H and O–H groups in total. The van der Waals surface area contributed by atoms with Crippen molar-refractivity contribution in [1.82, 2.24) is 20.2 Å². The summed E-state index contributed by atoms with van der Waals surface area (Å²) in [4.78, 5) is 28.6. The molecule has 0 aliphatic carbocycles. The fourth-order valence-electron chi connectivity index (χ4n) is 4.81. The number of piperazine rings is 1. The number of benzene rings is 2. The molecule has 2 aliphatic heterocycles. The van der Waals surface area contributed by atoms with E-state index in [1.54, 1.807) is 6.07 Å². The molecule has 3 heterocycles. The molecule has 1 fully saturated rings. The molecule has 0 radical (unpaired) electrons. The van der Waals surface area contributed by atoms with Gasteiger partial charge in [0.25, 0.3) is 5.91 Å². The van der Waals surface area contributed by atoms with E-state index < -0.39 is 0 Å². The van der Waals surface area contributed by atoms with Crippen LogP contribution in [0.5, 0.6) is 0 Å². The number of anilines is 3. The topological polar surface area (TPSA) is 90.6 Å². The van der Waals surface area contributed by atoms with Gasteiger partial charge in [-0.05, 0) is 60.8 Å². The molecule has 0 atom stereocenters. The summed E-state index contributed by atoms with van der Waals surface area (Å²) in [6.07, 6.45) is 1.44. The van der Waals surface area contributed by atoms with Gasteiger partial charge in [-0.25, -0.2) is 4.39 Å². The molecule has 1 saturated heterocycles. The average molecular weight is 490 g/mol. The summed E-state index contributed by atoms with van der Waals surface area (Å²) >= 11 is 0. The van der Waals surface area contributed by atoms with Crippen LogP contribution in [0.1, 0.15) is 27.0 Å². The zero-order chi connectivity index (χ0) is 25.1. The second kappa shape index (κ2) is 10.5. The van der Waals surface area contributed by atoms with E-state index in [9.17, 15) is 9.18 Å². The molecule has 0 unspecified atom stereocenters. The van der Waals surface area contributed by atoms with Gasteiger partial charge in [0, 0.05) is 57.4 Å². The van der Waals surface area contributed by atoms with Gasteiger partial charge >= 0.3 is 0 Å². The van der Waals surface area contributed by atoms with Crippen molar-refractivity contribution in [1.29, 1.82) is 0 Å². The third-order valence-electron chi connectivity index (χ3n) is 6.94. The number of carbonyl (C=O) groups excluding carboxylic acids is 1. The van der Waals surface area contributed by atoms with Crippen LogP contribution in [0.3, 0.4) is 0 Å². The molecule has 1 aromatic heterocycles.